The molecule has 0 unspecified atom stereocenters. The van der Waals surface area contributed by atoms with Gasteiger partial charge in [-0.15, -0.1) is 0 Å². The molecule has 0 aromatic heterocycles. The number of hydrogen-bond acceptors (Lipinski definition) is 2. The van der Waals surface area contributed by atoms with Crippen LogP contribution in [0.1, 0.15) is 44.1 Å². The van der Waals surface area contributed by atoms with Gasteiger partial charge in [-0.3, -0.25) is 0 Å². The van der Waals surface area contributed by atoms with Crippen molar-refractivity contribution >= 4 is 29.7 Å². The van der Waals surface area contributed by atoms with E-state index < -0.39 is 7.92 Å². The number of rotatable bonds is 5. The second-order valence-corrected chi connectivity index (χ2v) is 13.3. The second kappa shape index (κ2) is 8.35. The number of nitrogens with zero attached hydrogens (tertiary/aromatic N) is 1. The summed E-state index contributed by atoms with van der Waals surface area (Å²) in [5, 5.41) is 4.08. The lowest BCUT2D eigenvalue weighted by molar-refractivity contribution is -0.0691. The van der Waals surface area contributed by atoms with Crippen LogP contribution < -0.4 is 15.9 Å². The molecule has 4 bridgehead atoms. The second-order valence-electron chi connectivity index (χ2n) is 11.1. The van der Waals surface area contributed by atoms with Gasteiger partial charge in [0.1, 0.15) is 6.61 Å². The summed E-state index contributed by atoms with van der Waals surface area (Å²) in [6.07, 6.45) is 8.57. The quantitative estimate of drug-likeness (QED) is 0.436. The van der Waals surface area contributed by atoms with Crippen LogP contribution in [-0.4, -0.2) is 18.5 Å². The summed E-state index contributed by atoms with van der Waals surface area (Å²) >= 11 is 0. The Morgan fingerprint density at radius 2 is 1.21 bits per heavy atom. The summed E-state index contributed by atoms with van der Waals surface area (Å²) in [4.78, 5) is 5.38. The lowest BCUT2D eigenvalue weighted by Gasteiger charge is -2.58. The third kappa shape index (κ3) is 3.54. The van der Waals surface area contributed by atoms with E-state index in [9.17, 15) is 0 Å². The number of aliphatic imine (C=N–C) groups is 1. The van der Waals surface area contributed by atoms with Crippen molar-refractivity contribution in [3.63, 3.8) is 0 Å². The van der Waals surface area contributed by atoms with Crippen LogP contribution >= 0.6 is 7.92 Å². The largest absolute Gasteiger partial charge is 0.475 e. The van der Waals surface area contributed by atoms with Crippen molar-refractivity contribution in [3.05, 3.63) is 90.5 Å². The molecular formula is C31H32NOP. The molecule has 8 rings (SSSR count). The predicted octanol–water partition coefficient (Wildman–Crippen LogP) is 5.81. The van der Waals surface area contributed by atoms with Gasteiger partial charge in [-0.2, -0.15) is 0 Å². The number of hydrogen-bond donors (Lipinski definition) is 0. The minimum absolute atomic E-state index is 0.337. The highest BCUT2D eigenvalue weighted by Crippen LogP contribution is 2.62. The maximum atomic E-state index is 6.46. The van der Waals surface area contributed by atoms with Gasteiger partial charge in [0.25, 0.3) is 0 Å². The molecule has 1 heterocycles. The Balaban J connectivity index is 1.28. The van der Waals surface area contributed by atoms with Crippen LogP contribution in [0.5, 0.6) is 0 Å². The molecular weight excluding hydrogens is 433 g/mol. The fraction of sp³-hybridized carbons (Fsp3) is 0.387. The van der Waals surface area contributed by atoms with Crippen LogP contribution in [0.3, 0.4) is 0 Å². The van der Waals surface area contributed by atoms with E-state index in [-0.39, 0.29) is 0 Å². The summed E-state index contributed by atoms with van der Waals surface area (Å²) in [5.41, 5.74) is 1.59. The number of ether oxygens (including phenoxy) is 1. The molecule has 0 spiro atoms. The molecule has 2 nitrogen and oxygen atoms in total. The van der Waals surface area contributed by atoms with Crippen LogP contribution in [0, 0.1) is 23.2 Å². The standard InChI is InChI=1S/C31H32NOP/c1-3-9-25(10-4-1)34(26-11-5-2-6-12-26)28-14-8-7-13-27(28)30-32-29(21-33-30)31-18-22-15-23(19-31)17-24(16-22)20-31/h1-14,22-24,29H,15-21H2/t22?,23?,24?,29-,31?/m1/s1. The first-order valence-corrected chi connectivity index (χ1v) is 14.3. The maximum absolute atomic E-state index is 6.46. The summed E-state index contributed by atoms with van der Waals surface area (Å²) < 4.78 is 6.46. The van der Waals surface area contributed by atoms with Crippen molar-refractivity contribution in [2.45, 2.75) is 44.6 Å². The molecule has 5 aliphatic rings. The minimum Gasteiger partial charge on any atom is -0.475 e. The molecule has 0 radical (unpaired) electrons. The first kappa shape index (κ1) is 20.9. The molecule has 0 saturated heterocycles. The molecule has 4 fully saturated rings. The SMILES string of the molecule is c1ccc(P(c2ccccc2)c2ccccc2C2=N[C@@H](C34CC5CC(CC(C5)C3)C4)CO2)cc1. The van der Waals surface area contributed by atoms with Crippen LogP contribution in [0.2, 0.25) is 0 Å². The van der Waals surface area contributed by atoms with Gasteiger partial charge >= 0.3 is 0 Å². The van der Waals surface area contributed by atoms with Gasteiger partial charge in [-0.05, 0) is 91.6 Å². The van der Waals surface area contributed by atoms with Crippen molar-refractivity contribution in [1.29, 1.82) is 0 Å². The summed E-state index contributed by atoms with van der Waals surface area (Å²) in [7, 11) is -0.685. The Kier molecular flexibility index (Phi) is 5.13. The third-order valence-corrected chi connectivity index (χ3v) is 11.3. The molecule has 4 saturated carbocycles. The van der Waals surface area contributed by atoms with Gasteiger partial charge in [0.05, 0.1) is 6.04 Å². The van der Waals surface area contributed by atoms with E-state index in [2.05, 4.69) is 84.9 Å². The average Bonchev–Trinajstić information content (AvgIpc) is 3.37. The molecule has 3 aromatic carbocycles. The van der Waals surface area contributed by atoms with Crippen LogP contribution in [0.4, 0.5) is 0 Å². The molecule has 3 aromatic rings. The molecule has 0 amide bonds. The van der Waals surface area contributed by atoms with Gasteiger partial charge < -0.3 is 4.74 Å². The Labute approximate surface area is 204 Å². The topological polar surface area (TPSA) is 21.6 Å². The van der Waals surface area contributed by atoms with E-state index in [1.807, 2.05) is 0 Å². The summed E-state index contributed by atoms with van der Waals surface area (Å²) in [6.45, 7) is 0.768. The van der Waals surface area contributed by atoms with Gasteiger partial charge in [-0.1, -0.05) is 78.9 Å². The van der Waals surface area contributed by atoms with Crippen molar-refractivity contribution in [2.24, 2.45) is 28.2 Å². The molecule has 4 aliphatic carbocycles. The van der Waals surface area contributed by atoms with Crippen LogP contribution in [0.15, 0.2) is 89.9 Å². The van der Waals surface area contributed by atoms with Crippen molar-refractivity contribution in [3.8, 4) is 0 Å². The van der Waals surface area contributed by atoms with E-state index in [0.29, 0.717) is 11.5 Å². The van der Waals surface area contributed by atoms with Gasteiger partial charge in [-0.25, -0.2) is 4.99 Å². The highest BCUT2D eigenvalue weighted by molar-refractivity contribution is 7.80. The van der Waals surface area contributed by atoms with Crippen LogP contribution in [0.25, 0.3) is 0 Å². The fourth-order valence-corrected chi connectivity index (χ4v) is 10.3. The first-order valence-electron chi connectivity index (χ1n) is 13.0. The molecule has 3 heteroatoms. The minimum atomic E-state index is -0.685. The van der Waals surface area contributed by atoms with Gasteiger partial charge in [0.15, 0.2) is 0 Å². The van der Waals surface area contributed by atoms with Gasteiger partial charge in [0, 0.05) is 5.56 Å². The van der Waals surface area contributed by atoms with E-state index >= 15 is 0 Å². The van der Waals surface area contributed by atoms with Crippen LogP contribution in [-0.2, 0) is 4.74 Å². The highest BCUT2D eigenvalue weighted by Gasteiger charge is 2.55. The lowest BCUT2D eigenvalue weighted by atomic mass is 9.48. The zero-order valence-electron chi connectivity index (χ0n) is 19.6. The Morgan fingerprint density at radius 1 is 0.676 bits per heavy atom. The van der Waals surface area contributed by atoms with Gasteiger partial charge in [0.2, 0.25) is 5.90 Å². The van der Waals surface area contributed by atoms with Crippen molar-refractivity contribution in [1.82, 2.24) is 0 Å². The lowest BCUT2D eigenvalue weighted by Crippen LogP contribution is -2.51. The zero-order valence-corrected chi connectivity index (χ0v) is 20.5. The molecule has 0 N–H and O–H groups in total. The summed E-state index contributed by atoms with van der Waals surface area (Å²) in [6, 6.07) is 31.1. The normalized spacial score (nSPS) is 31.5. The first-order chi connectivity index (χ1) is 16.8. The van der Waals surface area contributed by atoms with E-state index in [4.69, 9.17) is 9.73 Å². The van der Waals surface area contributed by atoms with E-state index in [1.165, 1.54) is 60.0 Å². The zero-order chi connectivity index (χ0) is 22.5. The average molecular weight is 466 g/mol. The molecule has 1 aliphatic heterocycles. The van der Waals surface area contributed by atoms with E-state index in [0.717, 1.165) is 30.3 Å². The maximum Gasteiger partial charge on any atom is 0.217 e. The molecule has 34 heavy (non-hydrogen) atoms. The Morgan fingerprint density at radius 3 is 1.79 bits per heavy atom. The number of benzene rings is 3. The smallest absolute Gasteiger partial charge is 0.217 e. The van der Waals surface area contributed by atoms with Crippen molar-refractivity contribution < 1.29 is 4.74 Å². The molecule has 1 atom stereocenters. The Hall–Kier alpha value is -2.44. The predicted molar refractivity (Wildman–Crippen MR) is 142 cm³/mol. The Bertz CT molecular complexity index is 1130. The van der Waals surface area contributed by atoms with E-state index in [1.54, 1.807) is 0 Å². The highest BCUT2D eigenvalue weighted by atomic mass is 31.1. The monoisotopic (exact) mass is 465 g/mol. The fourth-order valence-electron chi connectivity index (χ4n) is 7.85. The molecule has 172 valence electrons. The third-order valence-electron chi connectivity index (χ3n) is 8.85. The summed E-state index contributed by atoms with van der Waals surface area (Å²) in [5.74, 6) is 3.72. The van der Waals surface area contributed by atoms with Crippen molar-refractivity contribution in [2.75, 3.05) is 6.61 Å².